The van der Waals surface area contributed by atoms with Crippen LogP contribution in [0.1, 0.15) is 39.9 Å². The Morgan fingerprint density at radius 3 is 2.67 bits per heavy atom. The lowest BCUT2D eigenvalue weighted by Gasteiger charge is -2.35. The molecule has 1 N–H and O–H groups in total. The summed E-state index contributed by atoms with van der Waals surface area (Å²) in [6, 6.07) is 11.3. The molecule has 3 aromatic rings. The van der Waals surface area contributed by atoms with E-state index in [0.717, 1.165) is 66.3 Å². The van der Waals surface area contributed by atoms with E-state index >= 15 is 0 Å². The summed E-state index contributed by atoms with van der Waals surface area (Å²) in [5.41, 5.74) is 3.87. The molecule has 1 saturated heterocycles. The Kier molecular flexibility index (Phi) is 7.67. The number of carbonyl (C=O) groups excluding carboxylic acids is 1. The quantitative estimate of drug-likeness (QED) is 0.397. The van der Waals surface area contributed by atoms with Crippen molar-refractivity contribution in [2.75, 3.05) is 37.6 Å². The lowest BCUT2D eigenvalue weighted by atomic mass is 10.1. The van der Waals surface area contributed by atoms with Crippen LogP contribution in [0.4, 0.5) is 5.82 Å². The van der Waals surface area contributed by atoms with Crippen LogP contribution < -0.4 is 10.2 Å². The van der Waals surface area contributed by atoms with Gasteiger partial charge in [-0.2, -0.15) is 0 Å². The van der Waals surface area contributed by atoms with Crippen LogP contribution in [-0.4, -0.2) is 53.5 Å². The zero-order valence-electron chi connectivity index (χ0n) is 19.5. The van der Waals surface area contributed by atoms with Crippen molar-refractivity contribution in [3.05, 3.63) is 70.8 Å². The minimum Gasteiger partial charge on any atom is -0.467 e. The van der Waals surface area contributed by atoms with Crippen LogP contribution in [0.5, 0.6) is 0 Å². The fourth-order valence-electron chi connectivity index (χ4n) is 3.87. The number of likely N-dealkylation sites (N-methyl/N-ethyl adjacent to an activating group) is 1. The molecule has 33 heavy (non-hydrogen) atoms. The number of aryl methyl sites for hydroxylation is 1. The van der Waals surface area contributed by atoms with E-state index in [0.29, 0.717) is 17.9 Å². The summed E-state index contributed by atoms with van der Waals surface area (Å²) in [6.45, 7) is 11.9. The van der Waals surface area contributed by atoms with Gasteiger partial charge < -0.3 is 19.5 Å². The standard InChI is InChI=1S/C25H31N5O2S/c1-4-29-10-12-30(13-11-29)23-18(2)19(3)27-25(28-23)33-17-20-7-5-8-21(15-20)24(31)26-16-22-9-6-14-32-22/h5-9,14-15H,4,10-13,16-17H2,1-3H3,(H,26,31). The summed E-state index contributed by atoms with van der Waals surface area (Å²) >= 11 is 1.61. The Bertz CT molecular complexity index is 1080. The maximum absolute atomic E-state index is 12.5. The van der Waals surface area contributed by atoms with Gasteiger partial charge in [-0.15, -0.1) is 0 Å². The lowest BCUT2D eigenvalue weighted by Crippen LogP contribution is -2.46. The van der Waals surface area contributed by atoms with Crippen molar-refractivity contribution in [3.63, 3.8) is 0 Å². The molecule has 0 spiro atoms. The van der Waals surface area contributed by atoms with Gasteiger partial charge in [-0.05, 0) is 50.2 Å². The molecule has 0 radical (unpaired) electrons. The lowest BCUT2D eigenvalue weighted by molar-refractivity contribution is 0.0948. The van der Waals surface area contributed by atoms with Crippen LogP contribution in [0.25, 0.3) is 0 Å². The average Bonchev–Trinajstić information content (AvgIpc) is 3.37. The molecule has 7 nitrogen and oxygen atoms in total. The fourth-order valence-corrected chi connectivity index (χ4v) is 4.70. The normalized spacial score (nSPS) is 14.5. The molecule has 3 heterocycles. The SMILES string of the molecule is CCN1CCN(c2nc(SCc3cccc(C(=O)NCc4ccco4)c3)nc(C)c2C)CC1. The highest BCUT2D eigenvalue weighted by Gasteiger charge is 2.20. The predicted octanol–water partition coefficient (Wildman–Crippen LogP) is 4.05. The van der Waals surface area contributed by atoms with E-state index in [1.807, 2.05) is 36.4 Å². The largest absolute Gasteiger partial charge is 0.467 e. The van der Waals surface area contributed by atoms with Crippen molar-refractivity contribution < 1.29 is 9.21 Å². The molecule has 8 heteroatoms. The van der Waals surface area contributed by atoms with Crippen molar-refractivity contribution in [2.24, 2.45) is 0 Å². The molecule has 0 saturated carbocycles. The minimum absolute atomic E-state index is 0.116. The van der Waals surface area contributed by atoms with Crippen LogP contribution in [0.2, 0.25) is 0 Å². The number of rotatable bonds is 8. The topological polar surface area (TPSA) is 74.5 Å². The number of carbonyl (C=O) groups is 1. The fraction of sp³-hybridized carbons (Fsp3) is 0.400. The zero-order chi connectivity index (χ0) is 23.2. The van der Waals surface area contributed by atoms with Crippen molar-refractivity contribution in [3.8, 4) is 0 Å². The van der Waals surface area contributed by atoms with E-state index in [1.165, 1.54) is 0 Å². The van der Waals surface area contributed by atoms with Crippen molar-refractivity contribution >= 4 is 23.5 Å². The second-order valence-electron chi connectivity index (χ2n) is 8.21. The van der Waals surface area contributed by atoms with Gasteiger partial charge in [0.05, 0.1) is 12.8 Å². The van der Waals surface area contributed by atoms with Gasteiger partial charge in [0.1, 0.15) is 11.6 Å². The highest BCUT2D eigenvalue weighted by atomic mass is 32.2. The van der Waals surface area contributed by atoms with Crippen LogP contribution in [0.3, 0.4) is 0 Å². The summed E-state index contributed by atoms with van der Waals surface area (Å²) in [4.78, 5) is 27.0. The second kappa shape index (κ2) is 10.9. The number of nitrogens with one attached hydrogen (secondary N) is 1. The van der Waals surface area contributed by atoms with Gasteiger partial charge in [0.2, 0.25) is 0 Å². The highest BCUT2D eigenvalue weighted by molar-refractivity contribution is 7.98. The number of nitrogens with zero attached hydrogens (tertiary/aromatic N) is 4. The predicted molar refractivity (Wildman–Crippen MR) is 132 cm³/mol. The number of hydrogen-bond acceptors (Lipinski definition) is 7. The molecule has 1 aliphatic rings. The second-order valence-corrected chi connectivity index (χ2v) is 9.16. The maximum atomic E-state index is 12.5. The molecule has 1 aromatic carbocycles. The number of aromatic nitrogens is 2. The van der Waals surface area contributed by atoms with Crippen LogP contribution in [0.15, 0.2) is 52.2 Å². The Morgan fingerprint density at radius 2 is 1.94 bits per heavy atom. The average molecular weight is 466 g/mol. The van der Waals surface area contributed by atoms with Crippen molar-refractivity contribution in [1.82, 2.24) is 20.2 Å². The first-order valence-electron chi connectivity index (χ1n) is 11.4. The Hall–Kier alpha value is -2.84. The molecule has 174 valence electrons. The molecule has 1 aliphatic heterocycles. The number of thioether (sulfide) groups is 1. The molecular formula is C25H31N5O2S. The highest BCUT2D eigenvalue weighted by Crippen LogP contribution is 2.27. The molecule has 0 atom stereocenters. The molecule has 1 fully saturated rings. The number of hydrogen-bond donors (Lipinski definition) is 1. The van der Waals surface area contributed by atoms with Gasteiger partial charge in [-0.25, -0.2) is 9.97 Å². The Morgan fingerprint density at radius 1 is 1.12 bits per heavy atom. The Labute approximate surface area is 199 Å². The van der Waals surface area contributed by atoms with Crippen LogP contribution in [0, 0.1) is 13.8 Å². The summed E-state index contributed by atoms with van der Waals surface area (Å²) < 4.78 is 5.28. The molecule has 2 aromatic heterocycles. The molecule has 0 unspecified atom stereocenters. The van der Waals surface area contributed by atoms with E-state index in [-0.39, 0.29) is 5.91 Å². The van der Waals surface area contributed by atoms with Gasteiger partial charge >= 0.3 is 0 Å². The zero-order valence-corrected chi connectivity index (χ0v) is 20.3. The summed E-state index contributed by atoms with van der Waals surface area (Å²) in [5, 5.41) is 3.67. The van der Waals surface area contributed by atoms with Gasteiger partial charge in [0.25, 0.3) is 5.91 Å². The molecule has 1 amide bonds. The van der Waals surface area contributed by atoms with Crippen molar-refractivity contribution in [2.45, 2.75) is 38.2 Å². The third-order valence-corrected chi connectivity index (χ3v) is 6.94. The van der Waals surface area contributed by atoms with E-state index in [4.69, 9.17) is 14.4 Å². The van der Waals surface area contributed by atoms with Gasteiger partial charge in [-0.3, -0.25) is 4.79 Å². The number of furan rings is 1. The maximum Gasteiger partial charge on any atom is 0.251 e. The molecular weight excluding hydrogens is 434 g/mol. The number of benzene rings is 1. The molecule has 0 aliphatic carbocycles. The van der Waals surface area contributed by atoms with Crippen molar-refractivity contribution in [1.29, 1.82) is 0 Å². The number of piperazine rings is 1. The first kappa shape index (κ1) is 23.3. The van der Waals surface area contributed by atoms with Crippen LogP contribution in [-0.2, 0) is 12.3 Å². The minimum atomic E-state index is -0.116. The molecule has 4 rings (SSSR count). The summed E-state index contributed by atoms with van der Waals surface area (Å²) in [6.07, 6.45) is 1.60. The summed E-state index contributed by atoms with van der Waals surface area (Å²) in [7, 11) is 0. The van der Waals surface area contributed by atoms with E-state index in [1.54, 1.807) is 18.0 Å². The third kappa shape index (κ3) is 5.94. The Balaban J connectivity index is 1.40. The third-order valence-electron chi connectivity index (χ3n) is 6.02. The van der Waals surface area contributed by atoms with Gasteiger partial charge in [-0.1, -0.05) is 30.8 Å². The van der Waals surface area contributed by atoms with Gasteiger partial charge in [0, 0.05) is 48.8 Å². The first-order chi connectivity index (χ1) is 16.0. The number of anilines is 1. The van der Waals surface area contributed by atoms with E-state index < -0.39 is 0 Å². The van der Waals surface area contributed by atoms with Crippen LogP contribution >= 0.6 is 11.8 Å². The smallest absolute Gasteiger partial charge is 0.251 e. The van der Waals surface area contributed by atoms with E-state index in [9.17, 15) is 4.79 Å². The summed E-state index contributed by atoms with van der Waals surface area (Å²) in [5.74, 6) is 2.36. The van der Waals surface area contributed by atoms with Gasteiger partial charge in [0.15, 0.2) is 5.16 Å². The monoisotopic (exact) mass is 465 g/mol. The van der Waals surface area contributed by atoms with E-state index in [2.05, 4.69) is 35.9 Å². The first-order valence-corrected chi connectivity index (χ1v) is 12.4. The molecule has 0 bridgehead atoms. The number of amides is 1.